The molecule has 1 atom stereocenters. The number of aliphatic hydroxyl groups is 1. The Balaban J connectivity index is 1.50. The molecular formula is C26H21N3O4S2. The van der Waals surface area contributed by atoms with Gasteiger partial charge in [0.1, 0.15) is 12.4 Å². The highest BCUT2D eigenvalue weighted by Crippen LogP contribution is 2.43. The summed E-state index contributed by atoms with van der Waals surface area (Å²) in [6.07, 6.45) is 1.58. The maximum atomic E-state index is 13.6. The first kappa shape index (κ1) is 22.9. The zero-order chi connectivity index (χ0) is 24.5. The van der Waals surface area contributed by atoms with E-state index in [1.807, 2.05) is 37.3 Å². The van der Waals surface area contributed by atoms with Crippen LogP contribution >= 0.6 is 22.7 Å². The van der Waals surface area contributed by atoms with Crippen molar-refractivity contribution in [2.75, 3.05) is 4.90 Å². The molecule has 2 aromatic heterocycles. The van der Waals surface area contributed by atoms with Crippen molar-refractivity contribution in [3.8, 4) is 5.75 Å². The van der Waals surface area contributed by atoms with Crippen LogP contribution in [-0.4, -0.2) is 26.8 Å². The van der Waals surface area contributed by atoms with Crippen LogP contribution in [0.2, 0.25) is 0 Å². The number of nitrogens with zero attached hydrogens (tertiary/aromatic N) is 3. The number of anilines is 1. The van der Waals surface area contributed by atoms with Crippen molar-refractivity contribution >= 4 is 39.5 Å². The van der Waals surface area contributed by atoms with Crippen LogP contribution in [0.5, 0.6) is 5.75 Å². The van der Waals surface area contributed by atoms with Gasteiger partial charge in [0.05, 0.1) is 27.2 Å². The summed E-state index contributed by atoms with van der Waals surface area (Å²) in [5.41, 5.74) is 2.30. The van der Waals surface area contributed by atoms with E-state index in [0.717, 1.165) is 10.6 Å². The third-order valence-electron chi connectivity index (χ3n) is 5.63. The normalized spacial score (nSPS) is 15.7. The molecule has 1 unspecified atom stereocenters. The van der Waals surface area contributed by atoms with Gasteiger partial charge in [-0.25, -0.2) is 9.97 Å². The molecule has 1 aliphatic rings. The van der Waals surface area contributed by atoms with E-state index in [4.69, 9.17) is 4.74 Å². The average molecular weight is 504 g/mol. The van der Waals surface area contributed by atoms with Crippen LogP contribution in [0.1, 0.15) is 37.5 Å². The lowest BCUT2D eigenvalue weighted by Crippen LogP contribution is -2.30. The van der Waals surface area contributed by atoms with Gasteiger partial charge in [0, 0.05) is 11.6 Å². The van der Waals surface area contributed by atoms with Crippen LogP contribution < -0.4 is 9.64 Å². The summed E-state index contributed by atoms with van der Waals surface area (Å²) >= 11 is 2.51. The number of thiazole rings is 2. The predicted octanol–water partition coefficient (Wildman–Crippen LogP) is 5.58. The summed E-state index contributed by atoms with van der Waals surface area (Å²) in [6, 6.07) is 16.2. The molecule has 0 fully saturated rings. The average Bonchev–Trinajstić information content (AvgIpc) is 3.57. The van der Waals surface area contributed by atoms with Crippen molar-refractivity contribution in [3.63, 3.8) is 0 Å². The Labute approximate surface area is 210 Å². The second-order valence-electron chi connectivity index (χ2n) is 7.97. The number of aliphatic hydroxyl groups excluding tert-OH is 1. The van der Waals surface area contributed by atoms with Crippen LogP contribution in [0.15, 0.2) is 77.5 Å². The highest BCUT2D eigenvalue weighted by Gasteiger charge is 2.46. The fourth-order valence-corrected chi connectivity index (χ4v) is 5.58. The number of ketones is 1. The summed E-state index contributed by atoms with van der Waals surface area (Å²) in [4.78, 5) is 37.1. The smallest absolute Gasteiger partial charge is 0.296 e. The zero-order valence-electron chi connectivity index (χ0n) is 19.0. The molecule has 1 aliphatic heterocycles. The number of benzene rings is 2. The van der Waals surface area contributed by atoms with E-state index in [2.05, 4.69) is 9.97 Å². The van der Waals surface area contributed by atoms with Gasteiger partial charge in [0.15, 0.2) is 10.9 Å². The summed E-state index contributed by atoms with van der Waals surface area (Å²) in [7, 11) is 0. The largest absolute Gasteiger partial charge is 0.503 e. The molecule has 0 bridgehead atoms. The Morgan fingerprint density at radius 3 is 2.49 bits per heavy atom. The molecule has 5 rings (SSSR count). The predicted molar refractivity (Wildman–Crippen MR) is 135 cm³/mol. The number of carbonyl (C=O) groups is 2. The number of amides is 1. The van der Waals surface area contributed by atoms with Gasteiger partial charge in [-0.15, -0.1) is 22.7 Å². The maximum absolute atomic E-state index is 13.6. The molecule has 0 saturated heterocycles. The van der Waals surface area contributed by atoms with Gasteiger partial charge in [-0.1, -0.05) is 42.5 Å². The lowest BCUT2D eigenvalue weighted by Gasteiger charge is -2.24. The van der Waals surface area contributed by atoms with Crippen molar-refractivity contribution in [2.45, 2.75) is 26.5 Å². The second-order valence-corrected chi connectivity index (χ2v) is 10.1. The molecule has 1 amide bonds. The van der Waals surface area contributed by atoms with Crippen molar-refractivity contribution < 1.29 is 19.4 Å². The molecule has 0 spiro atoms. The number of ether oxygens (including phenoxy) is 1. The van der Waals surface area contributed by atoms with Gasteiger partial charge in [-0.3, -0.25) is 14.5 Å². The monoisotopic (exact) mass is 503 g/mol. The van der Waals surface area contributed by atoms with E-state index in [-0.39, 0.29) is 5.57 Å². The Bertz CT molecular complexity index is 1410. The van der Waals surface area contributed by atoms with Gasteiger partial charge in [0.2, 0.25) is 5.78 Å². The number of aromatic nitrogens is 2. The van der Waals surface area contributed by atoms with Gasteiger partial charge in [-0.2, -0.15) is 0 Å². The molecule has 0 aliphatic carbocycles. The van der Waals surface area contributed by atoms with Crippen molar-refractivity contribution in [2.24, 2.45) is 0 Å². The lowest BCUT2D eigenvalue weighted by atomic mass is 9.95. The standard InChI is InChI=1S/C26H21N3O4S2/c1-15-24(35-16(2)28-15)22(30)20-21(29(25(32)23(20)31)26-27-12-13-34-26)18-8-10-19(11-9-18)33-14-17-6-4-3-5-7-17/h3-13,21,31H,14H2,1-2H3. The third-order valence-corrected chi connectivity index (χ3v) is 7.47. The van der Waals surface area contributed by atoms with Gasteiger partial charge < -0.3 is 9.84 Å². The van der Waals surface area contributed by atoms with Gasteiger partial charge >= 0.3 is 0 Å². The van der Waals surface area contributed by atoms with E-state index < -0.39 is 23.5 Å². The van der Waals surface area contributed by atoms with Crippen molar-refractivity contribution in [3.05, 3.63) is 104 Å². The highest BCUT2D eigenvalue weighted by molar-refractivity contribution is 7.14. The Morgan fingerprint density at radius 2 is 1.86 bits per heavy atom. The number of hydrogen-bond donors (Lipinski definition) is 1. The fourth-order valence-electron chi connectivity index (χ4n) is 4.04. The minimum Gasteiger partial charge on any atom is -0.503 e. The minimum atomic E-state index is -0.828. The van der Waals surface area contributed by atoms with Crippen molar-refractivity contribution in [1.29, 1.82) is 0 Å². The molecule has 35 heavy (non-hydrogen) atoms. The molecule has 176 valence electrons. The van der Waals surface area contributed by atoms with Crippen LogP contribution in [0.3, 0.4) is 0 Å². The fraction of sp³-hybridized carbons (Fsp3) is 0.154. The van der Waals surface area contributed by atoms with Gasteiger partial charge in [0.25, 0.3) is 5.91 Å². The molecule has 4 aromatic rings. The SMILES string of the molecule is Cc1nc(C)c(C(=O)C2=C(O)C(=O)N(c3nccs3)C2c2ccc(OCc3ccccc3)cc2)s1. The van der Waals surface area contributed by atoms with E-state index in [1.54, 1.807) is 42.8 Å². The van der Waals surface area contributed by atoms with Gasteiger partial charge in [-0.05, 0) is 37.1 Å². The molecule has 0 saturated carbocycles. The van der Waals surface area contributed by atoms with Crippen molar-refractivity contribution in [1.82, 2.24) is 9.97 Å². The number of rotatable bonds is 7. The molecule has 0 radical (unpaired) electrons. The first-order valence-electron chi connectivity index (χ1n) is 10.9. The third kappa shape index (κ3) is 4.36. The Morgan fingerprint density at radius 1 is 1.11 bits per heavy atom. The number of carbonyl (C=O) groups excluding carboxylic acids is 2. The highest BCUT2D eigenvalue weighted by atomic mass is 32.1. The summed E-state index contributed by atoms with van der Waals surface area (Å²) < 4.78 is 5.89. The van der Waals surface area contributed by atoms with E-state index in [1.165, 1.54) is 27.6 Å². The Hall–Kier alpha value is -3.82. The first-order valence-corrected chi connectivity index (χ1v) is 12.5. The van der Waals surface area contributed by atoms with E-state index >= 15 is 0 Å². The Kier molecular flexibility index (Phi) is 6.19. The molecule has 7 nitrogen and oxygen atoms in total. The topological polar surface area (TPSA) is 92.6 Å². The van der Waals surface area contributed by atoms with E-state index in [9.17, 15) is 14.7 Å². The summed E-state index contributed by atoms with van der Waals surface area (Å²) in [5, 5.41) is 13.7. The maximum Gasteiger partial charge on any atom is 0.296 e. The molecule has 2 aromatic carbocycles. The number of Topliss-reactive ketones (excluding diaryl/α,β-unsaturated/α-hetero) is 1. The number of hydrogen-bond acceptors (Lipinski definition) is 8. The van der Waals surface area contributed by atoms with E-state index in [0.29, 0.717) is 33.6 Å². The number of aryl methyl sites for hydroxylation is 2. The second kappa shape index (κ2) is 9.44. The quantitative estimate of drug-likeness (QED) is 0.331. The van der Waals surface area contributed by atoms with Crippen LogP contribution in [0.25, 0.3) is 0 Å². The molecule has 1 N–H and O–H groups in total. The van der Waals surface area contributed by atoms with Crippen LogP contribution in [-0.2, 0) is 11.4 Å². The van der Waals surface area contributed by atoms with Crippen LogP contribution in [0, 0.1) is 13.8 Å². The first-order chi connectivity index (χ1) is 16.9. The molecule has 3 heterocycles. The molecular weight excluding hydrogens is 482 g/mol. The molecule has 9 heteroatoms. The minimum absolute atomic E-state index is 0.0231. The lowest BCUT2D eigenvalue weighted by molar-refractivity contribution is -0.117. The summed E-state index contributed by atoms with van der Waals surface area (Å²) in [6.45, 7) is 3.98. The zero-order valence-corrected chi connectivity index (χ0v) is 20.6. The summed E-state index contributed by atoms with van der Waals surface area (Å²) in [5.74, 6) is -0.980. The van der Waals surface area contributed by atoms with Crippen LogP contribution in [0.4, 0.5) is 5.13 Å².